The highest BCUT2D eigenvalue weighted by atomic mass is 35.5. The fourth-order valence-electron chi connectivity index (χ4n) is 5.86. The minimum absolute atomic E-state index is 0.123. The monoisotopic (exact) mass is 636 g/mol. The number of carbonyl (C=O) groups is 1. The van der Waals surface area contributed by atoms with Gasteiger partial charge in [0.05, 0.1) is 17.6 Å². The molecule has 0 aliphatic carbocycles. The Labute approximate surface area is 257 Å². The first kappa shape index (κ1) is 31.6. The number of anilines is 1. The minimum Gasteiger partial charge on any atom is -0.470 e. The summed E-state index contributed by atoms with van der Waals surface area (Å²) in [6.07, 6.45) is 4.30. The first-order chi connectivity index (χ1) is 20.6. The van der Waals surface area contributed by atoms with E-state index in [0.717, 1.165) is 30.4 Å². The molecule has 0 spiro atoms. The van der Waals surface area contributed by atoms with Crippen LogP contribution in [0.2, 0.25) is 5.02 Å². The zero-order valence-electron chi connectivity index (χ0n) is 24.6. The number of fused-ring (bicyclic) bond motifs is 3. The number of halogens is 2. The second kappa shape index (κ2) is 13.5. The van der Waals surface area contributed by atoms with Crippen LogP contribution >= 0.6 is 11.6 Å². The van der Waals surface area contributed by atoms with E-state index in [1.165, 1.54) is 26.3 Å². The van der Waals surface area contributed by atoms with Crippen LogP contribution in [0, 0.1) is 11.8 Å². The molecule has 1 unspecified atom stereocenters. The highest BCUT2D eigenvalue weighted by molar-refractivity contribution is 7.90. The number of allylic oxidation sites excluding steroid dienone is 1. The molecule has 4 heterocycles. The number of hydrogen-bond donors (Lipinski definition) is 1. The SMILES string of the molecule is COC1/C(F)=C/C[C@H](C)[C@@H](C)S(=O)(=O)NC(=O)c2cnc3c(n2)N(CCCCc2cc(Cl)ccc2CO3)C[C@@H]2CCO[C@@H]12. The third-order valence-electron chi connectivity index (χ3n) is 8.66. The molecule has 0 radical (unpaired) electrons. The maximum Gasteiger partial charge on any atom is 0.285 e. The lowest BCUT2D eigenvalue weighted by Gasteiger charge is -2.32. The Hall–Kier alpha value is -2.80. The van der Waals surface area contributed by atoms with Gasteiger partial charge in [-0.1, -0.05) is 24.6 Å². The average molecular weight is 637 g/mol. The Balaban J connectivity index is 1.58. The first-order valence-corrected chi connectivity index (χ1v) is 16.6. The van der Waals surface area contributed by atoms with Gasteiger partial charge in [0.25, 0.3) is 11.8 Å². The predicted molar refractivity (Wildman–Crippen MR) is 160 cm³/mol. The Morgan fingerprint density at radius 2 is 2.02 bits per heavy atom. The first-order valence-electron chi connectivity index (χ1n) is 14.7. The van der Waals surface area contributed by atoms with Crippen LogP contribution < -0.4 is 14.4 Å². The molecule has 1 N–H and O–H groups in total. The normalized spacial score (nSPS) is 29.6. The molecule has 1 amide bonds. The van der Waals surface area contributed by atoms with Gasteiger partial charge in [-0.2, -0.15) is 0 Å². The number of ether oxygens (including phenoxy) is 3. The van der Waals surface area contributed by atoms with Crippen LogP contribution in [-0.2, 0) is 32.5 Å². The number of hydrogen-bond acceptors (Lipinski definition) is 9. The van der Waals surface area contributed by atoms with Gasteiger partial charge in [-0.3, -0.25) is 4.79 Å². The third-order valence-corrected chi connectivity index (χ3v) is 10.8. The summed E-state index contributed by atoms with van der Waals surface area (Å²) in [5.74, 6) is -1.50. The van der Waals surface area contributed by atoms with Gasteiger partial charge in [0, 0.05) is 37.7 Å². The summed E-state index contributed by atoms with van der Waals surface area (Å²) in [4.78, 5) is 24.3. The molecule has 5 rings (SSSR count). The standard InChI is InChI=1S/C30H38ClFN4O6S/c1-18-7-10-24(32)27(40-3)26-21(11-13-41-26)16-36-12-5-4-6-20-14-23(31)9-8-22(20)17-42-30-28(36)34-25(15-33-30)29(37)35-43(38,39)19(18)2/h8-10,14-15,18-19,21,26-27H,4-7,11-13,16-17H2,1-3H3,(H,35,37)/b24-10-/t18-,19+,21-,26+,27?/m0/s1. The van der Waals surface area contributed by atoms with Crippen molar-refractivity contribution in [2.75, 3.05) is 31.7 Å². The average Bonchev–Trinajstić information content (AvgIpc) is 3.42. The lowest BCUT2D eigenvalue weighted by molar-refractivity contribution is -0.0321. The van der Waals surface area contributed by atoms with Crippen molar-refractivity contribution in [3.05, 3.63) is 58.1 Å². The van der Waals surface area contributed by atoms with Crippen LogP contribution in [-0.4, -0.2) is 68.6 Å². The molecule has 5 atom stereocenters. The van der Waals surface area contributed by atoms with Gasteiger partial charge in [0.1, 0.15) is 24.2 Å². The van der Waals surface area contributed by atoms with Crippen molar-refractivity contribution < 1.29 is 31.8 Å². The predicted octanol–water partition coefficient (Wildman–Crippen LogP) is 4.61. The smallest absolute Gasteiger partial charge is 0.285 e. The molecule has 0 saturated carbocycles. The van der Waals surface area contributed by atoms with E-state index < -0.39 is 45.1 Å². The molecular formula is C30H38ClFN4O6S. The van der Waals surface area contributed by atoms with E-state index >= 15 is 4.39 Å². The zero-order chi connectivity index (χ0) is 30.7. The van der Waals surface area contributed by atoms with Crippen LogP contribution in [0.3, 0.4) is 0 Å². The van der Waals surface area contributed by atoms with Crippen LogP contribution in [0.1, 0.15) is 61.1 Å². The Morgan fingerprint density at radius 1 is 1.21 bits per heavy atom. The van der Waals surface area contributed by atoms with Crippen molar-refractivity contribution in [3.8, 4) is 5.88 Å². The fourth-order valence-corrected chi connectivity index (χ4v) is 7.33. The number of aromatic nitrogens is 2. The molecule has 13 heteroatoms. The molecule has 1 aromatic heterocycles. The number of aryl methyl sites for hydroxylation is 1. The van der Waals surface area contributed by atoms with E-state index in [-0.39, 0.29) is 30.5 Å². The molecule has 234 valence electrons. The van der Waals surface area contributed by atoms with Gasteiger partial charge < -0.3 is 19.1 Å². The lowest BCUT2D eigenvalue weighted by atomic mass is 9.94. The highest BCUT2D eigenvalue weighted by Gasteiger charge is 2.39. The van der Waals surface area contributed by atoms with Gasteiger partial charge in [-0.05, 0) is 74.3 Å². The summed E-state index contributed by atoms with van der Waals surface area (Å²) in [7, 11) is -2.67. The second-order valence-electron chi connectivity index (χ2n) is 11.5. The Bertz CT molecular complexity index is 1470. The number of amides is 1. The van der Waals surface area contributed by atoms with Crippen molar-refractivity contribution >= 4 is 33.3 Å². The van der Waals surface area contributed by atoms with Gasteiger partial charge in [-0.15, -0.1) is 0 Å². The summed E-state index contributed by atoms with van der Waals surface area (Å²) in [5, 5.41) is -0.346. The maximum atomic E-state index is 15.6. The number of sulfonamides is 1. The largest absolute Gasteiger partial charge is 0.470 e. The number of benzene rings is 1. The molecule has 2 aromatic rings. The van der Waals surface area contributed by atoms with Crippen LogP contribution in [0.5, 0.6) is 5.88 Å². The summed E-state index contributed by atoms with van der Waals surface area (Å²) in [6, 6.07) is 5.68. The quantitative estimate of drug-likeness (QED) is 0.478. The summed E-state index contributed by atoms with van der Waals surface area (Å²) in [6.45, 7) is 4.78. The van der Waals surface area contributed by atoms with E-state index in [0.29, 0.717) is 37.0 Å². The molecule has 1 aromatic carbocycles. The van der Waals surface area contributed by atoms with Crippen molar-refractivity contribution in [3.63, 3.8) is 0 Å². The zero-order valence-corrected chi connectivity index (χ0v) is 26.2. The van der Waals surface area contributed by atoms with E-state index in [9.17, 15) is 13.2 Å². The van der Waals surface area contributed by atoms with Gasteiger partial charge in [0.15, 0.2) is 5.82 Å². The lowest BCUT2D eigenvalue weighted by Crippen LogP contribution is -2.42. The Morgan fingerprint density at radius 3 is 2.81 bits per heavy atom. The van der Waals surface area contributed by atoms with Crippen molar-refractivity contribution in [2.45, 2.75) is 70.0 Å². The molecule has 2 bridgehead atoms. The number of carbonyl (C=O) groups excluding carboxylic acids is 1. The summed E-state index contributed by atoms with van der Waals surface area (Å²) < 4.78 is 61.8. The van der Waals surface area contributed by atoms with E-state index in [1.807, 2.05) is 23.1 Å². The van der Waals surface area contributed by atoms with E-state index in [2.05, 4.69) is 14.7 Å². The molecule has 10 nitrogen and oxygen atoms in total. The molecule has 3 aliphatic heterocycles. The molecule has 1 saturated heterocycles. The maximum absolute atomic E-state index is 15.6. The summed E-state index contributed by atoms with van der Waals surface area (Å²) in [5.41, 5.74) is 1.90. The number of rotatable bonds is 1. The van der Waals surface area contributed by atoms with Crippen LogP contribution in [0.15, 0.2) is 36.3 Å². The second-order valence-corrected chi connectivity index (χ2v) is 14.0. The van der Waals surface area contributed by atoms with Crippen molar-refractivity contribution in [1.82, 2.24) is 14.7 Å². The molecule has 1 fully saturated rings. The Kier molecular flexibility index (Phi) is 9.89. The van der Waals surface area contributed by atoms with Gasteiger partial charge in [-0.25, -0.2) is 27.5 Å². The van der Waals surface area contributed by atoms with Crippen LogP contribution in [0.25, 0.3) is 0 Å². The molecule has 3 aliphatic rings. The third kappa shape index (κ3) is 7.13. The topological polar surface area (TPSA) is 120 Å². The summed E-state index contributed by atoms with van der Waals surface area (Å²) >= 11 is 6.28. The highest BCUT2D eigenvalue weighted by Crippen LogP contribution is 2.34. The van der Waals surface area contributed by atoms with Crippen molar-refractivity contribution in [2.24, 2.45) is 11.8 Å². The molecular weight excluding hydrogens is 599 g/mol. The van der Waals surface area contributed by atoms with E-state index in [1.54, 1.807) is 6.92 Å². The number of nitrogens with one attached hydrogen (secondary N) is 1. The number of nitrogens with zero attached hydrogens (tertiary/aromatic N) is 3. The van der Waals surface area contributed by atoms with Gasteiger partial charge in [0.2, 0.25) is 10.0 Å². The number of methoxy groups -OCH3 is 1. The van der Waals surface area contributed by atoms with Crippen molar-refractivity contribution in [1.29, 1.82) is 0 Å². The fraction of sp³-hybridized carbons (Fsp3) is 0.567. The minimum atomic E-state index is -4.12. The van der Waals surface area contributed by atoms with E-state index in [4.69, 9.17) is 25.8 Å². The van der Waals surface area contributed by atoms with Gasteiger partial charge >= 0.3 is 0 Å². The van der Waals surface area contributed by atoms with Crippen LogP contribution in [0.4, 0.5) is 10.2 Å². The molecule has 43 heavy (non-hydrogen) atoms.